The first-order valence-corrected chi connectivity index (χ1v) is 8.11. The molecule has 0 amide bonds. The summed E-state index contributed by atoms with van der Waals surface area (Å²) < 4.78 is 1.77. The Bertz CT molecular complexity index is 486. The maximum absolute atomic E-state index is 4.28. The first-order chi connectivity index (χ1) is 10.6. The topological polar surface area (TPSA) is 70.4 Å². The fraction of sp³-hybridized carbons (Fsp3) is 0.800. The minimum atomic E-state index is 0. The van der Waals surface area contributed by atoms with Crippen LogP contribution in [0.15, 0.2) is 11.3 Å². The molecule has 0 bridgehead atoms. The van der Waals surface area contributed by atoms with Gasteiger partial charge >= 0.3 is 0 Å². The van der Waals surface area contributed by atoms with Crippen molar-refractivity contribution in [1.82, 2.24) is 30.3 Å². The van der Waals surface area contributed by atoms with E-state index in [1.165, 1.54) is 25.9 Å². The standard InChI is InChI=1S/C15H29N7.HI/c1-12(2)22-7-5-6-13(10-22)8-17-15(16-3)18-9-14-19-11-20-21(14)4;/h11-13H,5-10H2,1-4H3,(H2,16,17,18);1H. The van der Waals surface area contributed by atoms with Crippen molar-refractivity contribution in [3.8, 4) is 0 Å². The highest BCUT2D eigenvalue weighted by molar-refractivity contribution is 14.0. The fourth-order valence-electron chi connectivity index (χ4n) is 2.84. The van der Waals surface area contributed by atoms with Gasteiger partial charge in [-0.3, -0.25) is 9.67 Å². The number of halogens is 1. The predicted octanol–water partition coefficient (Wildman–Crippen LogP) is 1.22. The summed E-state index contributed by atoms with van der Waals surface area (Å²) in [5, 5.41) is 10.8. The second-order valence-electron chi connectivity index (χ2n) is 6.20. The van der Waals surface area contributed by atoms with Crippen molar-refractivity contribution in [2.75, 3.05) is 26.7 Å². The molecule has 1 saturated heterocycles. The number of rotatable bonds is 5. The molecule has 0 radical (unpaired) electrons. The number of aliphatic imine (C=N–C) groups is 1. The number of hydrogen-bond donors (Lipinski definition) is 2. The van der Waals surface area contributed by atoms with Crippen LogP contribution in [0.1, 0.15) is 32.5 Å². The molecule has 23 heavy (non-hydrogen) atoms. The van der Waals surface area contributed by atoms with Gasteiger partial charge in [0.2, 0.25) is 0 Å². The minimum absolute atomic E-state index is 0. The van der Waals surface area contributed by atoms with Gasteiger partial charge in [0.25, 0.3) is 0 Å². The molecule has 0 aliphatic carbocycles. The highest BCUT2D eigenvalue weighted by atomic mass is 127. The average Bonchev–Trinajstić information content (AvgIpc) is 2.93. The third-order valence-corrected chi connectivity index (χ3v) is 4.28. The Morgan fingerprint density at radius 3 is 2.83 bits per heavy atom. The van der Waals surface area contributed by atoms with Crippen LogP contribution in [0.4, 0.5) is 0 Å². The van der Waals surface area contributed by atoms with E-state index >= 15 is 0 Å². The number of nitrogens with one attached hydrogen (secondary N) is 2. The van der Waals surface area contributed by atoms with E-state index in [-0.39, 0.29) is 24.0 Å². The molecule has 1 aliphatic heterocycles. The fourth-order valence-corrected chi connectivity index (χ4v) is 2.84. The molecule has 1 aliphatic rings. The third kappa shape index (κ3) is 6.25. The van der Waals surface area contributed by atoms with E-state index in [2.05, 4.69) is 44.5 Å². The highest BCUT2D eigenvalue weighted by Gasteiger charge is 2.21. The van der Waals surface area contributed by atoms with Gasteiger partial charge in [0.1, 0.15) is 12.2 Å². The molecular formula is C15H30IN7. The largest absolute Gasteiger partial charge is 0.356 e. The summed E-state index contributed by atoms with van der Waals surface area (Å²) >= 11 is 0. The van der Waals surface area contributed by atoms with Gasteiger partial charge in [-0.1, -0.05) is 0 Å². The Morgan fingerprint density at radius 1 is 1.43 bits per heavy atom. The Hall–Kier alpha value is -0.900. The summed E-state index contributed by atoms with van der Waals surface area (Å²) in [5.74, 6) is 2.40. The Balaban J connectivity index is 0.00000264. The first kappa shape index (κ1) is 20.1. The van der Waals surface area contributed by atoms with Crippen molar-refractivity contribution in [3.63, 3.8) is 0 Å². The van der Waals surface area contributed by atoms with E-state index in [1.807, 2.05) is 7.05 Å². The van der Waals surface area contributed by atoms with E-state index in [1.54, 1.807) is 18.1 Å². The number of aryl methyl sites for hydroxylation is 1. The summed E-state index contributed by atoms with van der Waals surface area (Å²) in [5.41, 5.74) is 0. The van der Waals surface area contributed by atoms with Gasteiger partial charge in [-0.25, -0.2) is 4.98 Å². The monoisotopic (exact) mass is 435 g/mol. The van der Waals surface area contributed by atoms with Crippen LogP contribution in [0, 0.1) is 5.92 Å². The van der Waals surface area contributed by atoms with E-state index in [4.69, 9.17) is 0 Å². The summed E-state index contributed by atoms with van der Waals surface area (Å²) in [4.78, 5) is 11.0. The third-order valence-electron chi connectivity index (χ3n) is 4.28. The van der Waals surface area contributed by atoms with Gasteiger partial charge in [-0.2, -0.15) is 5.10 Å². The second-order valence-corrected chi connectivity index (χ2v) is 6.20. The summed E-state index contributed by atoms with van der Waals surface area (Å²) in [6.45, 7) is 8.54. The van der Waals surface area contributed by atoms with Gasteiger partial charge in [-0.15, -0.1) is 24.0 Å². The Morgan fingerprint density at radius 2 is 2.22 bits per heavy atom. The molecule has 1 fully saturated rings. The highest BCUT2D eigenvalue weighted by Crippen LogP contribution is 2.17. The van der Waals surface area contributed by atoms with Crippen LogP contribution in [0.5, 0.6) is 0 Å². The molecule has 1 aromatic rings. The second kappa shape index (κ2) is 10.1. The number of piperidine rings is 1. The van der Waals surface area contributed by atoms with Crippen LogP contribution >= 0.6 is 24.0 Å². The van der Waals surface area contributed by atoms with Crippen molar-refractivity contribution >= 4 is 29.9 Å². The molecule has 0 saturated carbocycles. The Labute approximate surface area is 156 Å². The summed E-state index contributed by atoms with van der Waals surface area (Å²) in [7, 11) is 3.69. The smallest absolute Gasteiger partial charge is 0.191 e. The molecule has 0 aromatic carbocycles. The quantitative estimate of drug-likeness (QED) is 0.414. The number of guanidine groups is 1. The molecule has 7 nitrogen and oxygen atoms in total. The van der Waals surface area contributed by atoms with Gasteiger partial charge in [0, 0.05) is 33.2 Å². The lowest BCUT2D eigenvalue weighted by atomic mass is 9.97. The van der Waals surface area contributed by atoms with Crippen LogP contribution in [-0.4, -0.2) is 58.3 Å². The molecule has 0 spiro atoms. The maximum atomic E-state index is 4.28. The SMILES string of the molecule is CN=C(NCc1ncnn1C)NCC1CCCN(C(C)C)C1.I. The molecule has 8 heteroatoms. The first-order valence-electron chi connectivity index (χ1n) is 8.11. The van der Waals surface area contributed by atoms with Crippen molar-refractivity contribution in [3.05, 3.63) is 12.2 Å². The minimum Gasteiger partial charge on any atom is -0.356 e. The van der Waals surface area contributed by atoms with Crippen molar-refractivity contribution in [1.29, 1.82) is 0 Å². The maximum Gasteiger partial charge on any atom is 0.191 e. The van der Waals surface area contributed by atoms with Crippen LogP contribution in [0.25, 0.3) is 0 Å². The molecular weight excluding hydrogens is 405 g/mol. The van der Waals surface area contributed by atoms with E-state index in [9.17, 15) is 0 Å². The predicted molar refractivity (Wildman–Crippen MR) is 104 cm³/mol. The summed E-state index contributed by atoms with van der Waals surface area (Å²) in [6, 6.07) is 0.635. The summed E-state index contributed by atoms with van der Waals surface area (Å²) in [6.07, 6.45) is 4.14. The number of aromatic nitrogens is 3. The van der Waals surface area contributed by atoms with E-state index < -0.39 is 0 Å². The molecule has 1 atom stereocenters. The van der Waals surface area contributed by atoms with Crippen LogP contribution in [0.3, 0.4) is 0 Å². The zero-order chi connectivity index (χ0) is 15.9. The van der Waals surface area contributed by atoms with Gasteiger partial charge < -0.3 is 15.5 Å². The molecule has 1 unspecified atom stereocenters. The lowest BCUT2D eigenvalue weighted by Gasteiger charge is -2.35. The van der Waals surface area contributed by atoms with Gasteiger partial charge in [0.05, 0.1) is 6.54 Å². The van der Waals surface area contributed by atoms with Crippen molar-refractivity contribution in [2.24, 2.45) is 18.0 Å². The van der Waals surface area contributed by atoms with Gasteiger partial charge in [0.15, 0.2) is 5.96 Å². The van der Waals surface area contributed by atoms with Crippen LogP contribution in [0.2, 0.25) is 0 Å². The molecule has 1 aromatic heterocycles. The Kier molecular flexibility index (Phi) is 8.82. The van der Waals surface area contributed by atoms with Crippen molar-refractivity contribution < 1.29 is 0 Å². The van der Waals surface area contributed by atoms with Gasteiger partial charge in [-0.05, 0) is 39.2 Å². The van der Waals surface area contributed by atoms with E-state index in [0.717, 1.165) is 18.3 Å². The molecule has 132 valence electrons. The number of likely N-dealkylation sites (tertiary alicyclic amines) is 1. The molecule has 2 N–H and O–H groups in total. The zero-order valence-corrected chi connectivity index (χ0v) is 16.9. The molecule has 2 rings (SSSR count). The van der Waals surface area contributed by atoms with Crippen molar-refractivity contribution in [2.45, 2.75) is 39.3 Å². The van der Waals surface area contributed by atoms with Crippen LogP contribution < -0.4 is 10.6 Å². The van der Waals surface area contributed by atoms with Crippen LogP contribution in [-0.2, 0) is 13.6 Å². The average molecular weight is 435 g/mol. The lowest BCUT2D eigenvalue weighted by Crippen LogP contribution is -2.46. The number of hydrogen-bond acceptors (Lipinski definition) is 4. The lowest BCUT2D eigenvalue weighted by molar-refractivity contribution is 0.141. The number of nitrogens with zero attached hydrogens (tertiary/aromatic N) is 5. The normalized spacial score (nSPS) is 19.5. The van der Waals surface area contributed by atoms with E-state index in [0.29, 0.717) is 18.5 Å². The molecule has 2 heterocycles. The zero-order valence-electron chi connectivity index (χ0n) is 14.6.